The minimum atomic E-state index is -0.525. The number of aromatic nitrogens is 2. The molecule has 1 fully saturated rings. The SMILES string of the molecule is Cc1nc2cc(F)cc(C(=O)NCC3CNCC3O)c2nc1C. The van der Waals surface area contributed by atoms with Crippen LogP contribution in [0.4, 0.5) is 4.39 Å². The Morgan fingerprint density at radius 1 is 1.35 bits per heavy atom. The van der Waals surface area contributed by atoms with Crippen LogP contribution in [0.1, 0.15) is 21.7 Å². The molecule has 1 aromatic heterocycles. The minimum Gasteiger partial charge on any atom is -0.391 e. The van der Waals surface area contributed by atoms with Gasteiger partial charge in [0.2, 0.25) is 0 Å². The van der Waals surface area contributed by atoms with Gasteiger partial charge >= 0.3 is 0 Å². The number of aryl methyl sites for hydroxylation is 2. The summed E-state index contributed by atoms with van der Waals surface area (Å²) in [5.41, 5.74) is 2.32. The predicted molar refractivity (Wildman–Crippen MR) is 83.7 cm³/mol. The van der Waals surface area contributed by atoms with Gasteiger partial charge in [0.15, 0.2) is 0 Å². The molecular weight excluding hydrogens is 299 g/mol. The quantitative estimate of drug-likeness (QED) is 0.775. The van der Waals surface area contributed by atoms with E-state index in [1.807, 2.05) is 0 Å². The standard InChI is InChI=1S/C16H19FN4O2/c1-8-9(2)21-15-12(3-11(17)4-13(15)20-8)16(23)19-6-10-5-18-7-14(10)22/h3-4,10,14,18,22H,5-7H2,1-2H3,(H,19,23). The summed E-state index contributed by atoms with van der Waals surface area (Å²) in [6, 6.07) is 2.45. The number of carbonyl (C=O) groups excluding carboxylic acids is 1. The average molecular weight is 318 g/mol. The summed E-state index contributed by atoms with van der Waals surface area (Å²) >= 11 is 0. The topological polar surface area (TPSA) is 87.1 Å². The summed E-state index contributed by atoms with van der Waals surface area (Å²) in [7, 11) is 0. The lowest BCUT2D eigenvalue weighted by Crippen LogP contribution is -2.34. The number of nitrogens with zero attached hydrogens (tertiary/aromatic N) is 2. The van der Waals surface area contributed by atoms with Crippen LogP contribution in [0.15, 0.2) is 12.1 Å². The molecule has 2 heterocycles. The number of hydrogen-bond acceptors (Lipinski definition) is 5. The van der Waals surface area contributed by atoms with Gasteiger partial charge in [-0.1, -0.05) is 0 Å². The maximum atomic E-state index is 13.8. The summed E-state index contributed by atoms with van der Waals surface area (Å²) in [4.78, 5) is 21.1. The lowest BCUT2D eigenvalue weighted by molar-refractivity contribution is 0.0928. The number of benzene rings is 1. The van der Waals surface area contributed by atoms with Gasteiger partial charge in [-0.15, -0.1) is 0 Å². The van der Waals surface area contributed by atoms with E-state index in [9.17, 15) is 14.3 Å². The number of β-amino-alcohol motifs (C(OH)–C–C–N with tert-alkyl or cyclic N) is 1. The molecule has 1 aliphatic rings. The van der Waals surface area contributed by atoms with Gasteiger partial charge in [0.1, 0.15) is 11.3 Å². The maximum absolute atomic E-state index is 13.8. The van der Waals surface area contributed by atoms with Gasteiger partial charge in [-0.3, -0.25) is 4.79 Å². The number of aliphatic hydroxyl groups excluding tert-OH is 1. The van der Waals surface area contributed by atoms with E-state index in [1.165, 1.54) is 12.1 Å². The maximum Gasteiger partial charge on any atom is 0.253 e. The highest BCUT2D eigenvalue weighted by Gasteiger charge is 2.25. The molecule has 0 radical (unpaired) electrons. The van der Waals surface area contributed by atoms with Gasteiger partial charge in [-0.2, -0.15) is 0 Å². The van der Waals surface area contributed by atoms with Crippen LogP contribution in [0.25, 0.3) is 11.0 Å². The molecule has 0 aliphatic carbocycles. The number of aliphatic hydroxyl groups is 1. The lowest BCUT2D eigenvalue weighted by atomic mass is 10.1. The Kier molecular flexibility index (Phi) is 4.23. The summed E-state index contributed by atoms with van der Waals surface area (Å²) in [6.07, 6.45) is -0.482. The van der Waals surface area contributed by atoms with Crippen molar-refractivity contribution in [3.05, 3.63) is 34.9 Å². The van der Waals surface area contributed by atoms with E-state index in [-0.39, 0.29) is 11.5 Å². The monoisotopic (exact) mass is 318 g/mol. The van der Waals surface area contributed by atoms with E-state index in [0.29, 0.717) is 42.1 Å². The van der Waals surface area contributed by atoms with Crippen LogP contribution < -0.4 is 10.6 Å². The molecule has 3 rings (SSSR count). The molecule has 23 heavy (non-hydrogen) atoms. The molecule has 0 spiro atoms. The van der Waals surface area contributed by atoms with Crippen LogP contribution >= 0.6 is 0 Å². The normalized spacial score (nSPS) is 20.9. The fraction of sp³-hybridized carbons (Fsp3) is 0.438. The first-order valence-corrected chi connectivity index (χ1v) is 7.57. The van der Waals surface area contributed by atoms with Crippen molar-refractivity contribution in [1.82, 2.24) is 20.6 Å². The molecule has 2 unspecified atom stereocenters. The zero-order chi connectivity index (χ0) is 16.6. The van der Waals surface area contributed by atoms with Crippen LogP contribution in [0, 0.1) is 25.6 Å². The van der Waals surface area contributed by atoms with Gasteiger partial charge < -0.3 is 15.7 Å². The van der Waals surface area contributed by atoms with Crippen LogP contribution in [0.2, 0.25) is 0 Å². The van der Waals surface area contributed by atoms with Gasteiger partial charge in [0.05, 0.1) is 28.6 Å². The fourth-order valence-corrected chi connectivity index (χ4v) is 2.72. The van der Waals surface area contributed by atoms with E-state index in [2.05, 4.69) is 20.6 Å². The second-order valence-electron chi connectivity index (χ2n) is 5.91. The first-order valence-electron chi connectivity index (χ1n) is 7.57. The van der Waals surface area contributed by atoms with Gasteiger partial charge in [-0.25, -0.2) is 14.4 Å². The van der Waals surface area contributed by atoms with Gasteiger partial charge in [0, 0.05) is 31.6 Å². The average Bonchev–Trinajstić information content (AvgIpc) is 2.91. The van der Waals surface area contributed by atoms with Crippen molar-refractivity contribution >= 4 is 16.9 Å². The highest BCUT2D eigenvalue weighted by molar-refractivity contribution is 6.04. The van der Waals surface area contributed by atoms with Gasteiger partial charge in [-0.05, 0) is 19.9 Å². The third kappa shape index (κ3) is 3.16. The number of fused-ring (bicyclic) bond motifs is 1. The predicted octanol–water partition coefficient (Wildman–Crippen LogP) is 0.696. The highest BCUT2D eigenvalue weighted by atomic mass is 19.1. The summed E-state index contributed by atoms with van der Waals surface area (Å²) < 4.78 is 13.8. The number of carbonyl (C=O) groups is 1. The Balaban J connectivity index is 1.88. The van der Waals surface area contributed by atoms with Crippen molar-refractivity contribution in [1.29, 1.82) is 0 Å². The molecule has 1 saturated heterocycles. The largest absolute Gasteiger partial charge is 0.391 e. The molecule has 2 atom stereocenters. The highest BCUT2D eigenvalue weighted by Crippen LogP contribution is 2.19. The molecule has 3 N–H and O–H groups in total. The van der Waals surface area contributed by atoms with Crippen LogP contribution in [-0.4, -0.2) is 46.7 Å². The zero-order valence-corrected chi connectivity index (χ0v) is 13.1. The zero-order valence-electron chi connectivity index (χ0n) is 13.1. The number of hydrogen-bond donors (Lipinski definition) is 3. The molecular formula is C16H19FN4O2. The van der Waals surface area contributed by atoms with Crippen LogP contribution in [0.3, 0.4) is 0 Å². The number of nitrogens with one attached hydrogen (secondary N) is 2. The molecule has 1 aliphatic heterocycles. The Hall–Kier alpha value is -2.12. The van der Waals surface area contributed by atoms with Crippen molar-refractivity contribution in [3.8, 4) is 0 Å². The van der Waals surface area contributed by atoms with E-state index >= 15 is 0 Å². The van der Waals surface area contributed by atoms with Crippen LogP contribution in [0.5, 0.6) is 0 Å². The Morgan fingerprint density at radius 2 is 2.09 bits per heavy atom. The van der Waals surface area contributed by atoms with Crippen molar-refractivity contribution in [3.63, 3.8) is 0 Å². The van der Waals surface area contributed by atoms with E-state index < -0.39 is 17.8 Å². The second kappa shape index (κ2) is 6.17. The van der Waals surface area contributed by atoms with Crippen molar-refractivity contribution < 1.29 is 14.3 Å². The van der Waals surface area contributed by atoms with Gasteiger partial charge in [0.25, 0.3) is 5.91 Å². The van der Waals surface area contributed by atoms with E-state index in [4.69, 9.17) is 0 Å². The van der Waals surface area contributed by atoms with Crippen molar-refractivity contribution in [2.24, 2.45) is 5.92 Å². The Bertz CT molecular complexity index is 765. The molecule has 2 aromatic rings. The fourth-order valence-electron chi connectivity index (χ4n) is 2.72. The number of rotatable bonds is 3. The first-order chi connectivity index (χ1) is 11.0. The second-order valence-corrected chi connectivity index (χ2v) is 5.91. The summed E-state index contributed by atoms with van der Waals surface area (Å²) in [5, 5.41) is 15.6. The van der Waals surface area contributed by atoms with E-state index in [1.54, 1.807) is 13.8 Å². The van der Waals surface area contributed by atoms with Crippen molar-refractivity contribution in [2.45, 2.75) is 20.0 Å². The summed E-state index contributed by atoms with van der Waals surface area (Å²) in [6.45, 7) is 5.08. The third-order valence-electron chi connectivity index (χ3n) is 4.22. The summed E-state index contributed by atoms with van der Waals surface area (Å²) in [5.74, 6) is -0.984. The molecule has 1 aromatic carbocycles. The molecule has 1 amide bonds. The smallest absolute Gasteiger partial charge is 0.253 e. The Labute approximate surface area is 133 Å². The molecule has 7 heteroatoms. The minimum absolute atomic E-state index is 0.0474. The molecule has 0 saturated carbocycles. The van der Waals surface area contributed by atoms with E-state index in [0.717, 1.165) is 0 Å². The Morgan fingerprint density at radius 3 is 2.78 bits per heavy atom. The molecule has 122 valence electrons. The lowest BCUT2D eigenvalue weighted by Gasteiger charge is -2.15. The van der Waals surface area contributed by atoms with Crippen LogP contribution in [-0.2, 0) is 0 Å². The van der Waals surface area contributed by atoms with Crippen molar-refractivity contribution in [2.75, 3.05) is 19.6 Å². The third-order valence-corrected chi connectivity index (χ3v) is 4.22. The molecule has 6 nitrogen and oxygen atoms in total. The number of amides is 1. The first kappa shape index (κ1) is 15.8. The number of halogens is 1. The molecule has 0 bridgehead atoms.